The third-order valence-corrected chi connectivity index (χ3v) is 6.35. The maximum absolute atomic E-state index is 4.88. The third kappa shape index (κ3) is 3.44. The first-order valence-corrected chi connectivity index (χ1v) is 11.0. The number of anilines is 3. The minimum absolute atomic E-state index is 0.408. The van der Waals surface area contributed by atoms with Crippen molar-refractivity contribution in [3.8, 4) is 0 Å². The van der Waals surface area contributed by atoms with E-state index in [2.05, 4.69) is 46.7 Å². The summed E-state index contributed by atoms with van der Waals surface area (Å²) >= 11 is 0. The number of hydrogen-bond donors (Lipinski definition) is 3. The van der Waals surface area contributed by atoms with Crippen molar-refractivity contribution >= 4 is 39.5 Å². The van der Waals surface area contributed by atoms with E-state index in [9.17, 15) is 0 Å². The molecule has 1 atom stereocenters. The topological polar surface area (TPSA) is 105 Å². The molecule has 2 fully saturated rings. The molecule has 0 spiro atoms. The second-order valence-corrected chi connectivity index (χ2v) is 8.39. The number of hydrogen-bond acceptors (Lipinski definition) is 8. The van der Waals surface area contributed by atoms with Crippen molar-refractivity contribution < 1.29 is 0 Å². The van der Waals surface area contributed by atoms with Gasteiger partial charge in [-0.2, -0.15) is 4.98 Å². The fourth-order valence-corrected chi connectivity index (χ4v) is 4.84. The minimum Gasteiger partial charge on any atom is -0.365 e. The Balaban J connectivity index is 1.31. The lowest BCUT2D eigenvalue weighted by atomic mass is 10.2. The zero-order valence-electron chi connectivity index (χ0n) is 17.3. The van der Waals surface area contributed by atoms with E-state index in [-0.39, 0.29) is 0 Å². The van der Waals surface area contributed by atoms with Gasteiger partial charge in [-0.05, 0) is 44.0 Å². The van der Waals surface area contributed by atoms with E-state index < -0.39 is 0 Å². The van der Waals surface area contributed by atoms with Gasteiger partial charge in [0.15, 0.2) is 5.82 Å². The van der Waals surface area contributed by atoms with Gasteiger partial charge in [-0.3, -0.25) is 4.98 Å². The maximum atomic E-state index is 4.88. The highest BCUT2D eigenvalue weighted by atomic mass is 15.3. The molecule has 1 aliphatic heterocycles. The van der Waals surface area contributed by atoms with Gasteiger partial charge in [0.05, 0.1) is 11.7 Å². The summed E-state index contributed by atoms with van der Waals surface area (Å²) in [6, 6.07) is 6.76. The average molecular weight is 416 g/mol. The van der Waals surface area contributed by atoms with E-state index in [1.165, 1.54) is 25.7 Å². The Hall–Kier alpha value is -3.33. The van der Waals surface area contributed by atoms with Crippen LogP contribution in [0.1, 0.15) is 38.1 Å². The van der Waals surface area contributed by atoms with Crippen LogP contribution in [0.25, 0.3) is 21.9 Å². The van der Waals surface area contributed by atoms with Gasteiger partial charge in [-0.15, -0.1) is 10.2 Å². The monoisotopic (exact) mass is 415 g/mol. The first-order chi connectivity index (χ1) is 15.3. The molecule has 9 nitrogen and oxygen atoms in total. The van der Waals surface area contributed by atoms with Gasteiger partial charge in [0, 0.05) is 41.8 Å². The molecule has 1 aliphatic carbocycles. The lowest BCUT2D eigenvalue weighted by Gasteiger charge is -2.14. The number of fused-ring (bicyclic) bond motifs is 3. The van der Waals surface area contributed by atoms with Crippen molar-refractivity contribution in [1.82, 2.24) is 35.0 Å². The highest BCUT2D eigenvalue weighted by Gasteiger charge is 2.23. The first-order valence-electron chi connectivity index (χ1n) is 11.0. The van der Waals surface area contributed by atoms with E-state index in [4.69, 9.17) is 4.98 Å². The Morgan fingerprint density at radius 3 is 2.65 bits per heavy atom. The van der Waals surface area contributed by atoms with Crippen LogP contribution in [0.5, 0.6) is 0 Å². The second kappa shape index (κ2) is 7.73. The summed E-state index contributed by atoms with van der Waals surface area (Å²) < 4.78 is 2.35. The van der Waals surface area contributed by atoms with E-state index >= 15 is 0 Å². The Morgan fingerprint density at radius 1 is 0.968 bits per heavy atom. The van der Waals surface area contributed by atoms with Crippen LogP contribution in [0.15, 0.2) is 36.8 Å². The normalized spacial score (nSPS) is 19.4. The molecular formula is C22H25N9. The number of nitrogens with zero attached hydrogens (tertiary/aromatic N) is 6. The molecule has 0 unspecified atom stereocenters. The summed E-state index contributed by atoms with van der Waals surface area (Å²) in [5.74, 6) is 1.93. The Labute approximate surface area is 179 Å². The molecule has 2 aliphatic rings. The predicted molar refractivity (Wildman–Crippen MR) is 121 cm³/mol. The van der Waals surface area contributed by atoms with E-state index in [0.717, 1.165) is 47.3 Å². The predicted octanol–water partition coefficient (Wildman–Crippen LogP) is 3.40. The number of pyridine rings is 1. The fourth-order valence-electron chi connectivity index (χ4n) is 4.84. The zero-order valence-corrected chi connectivity index (χ0v) is 17.3. The molecule has 1 saturated carbocycles. The quantitative estimate of drug-likeness (QED) is 0.455. The SMILES string of the molecule is c1cc2c3cnc(Nc4ccc(N[C@H]5CCNC5)nn4)nc3n(C3CCCC3)c2cn1. The van der Waals surface area contributed by atoms with Crippen molar-refractivity contribution in [2.75, 3.05) is 23.7 Å². The van der Waals surface area contributed by atoms with Crippen molar-refractivity contribution in [3.05, 3.63) is 36.8 Å². The molecule has 5 heterocycles. The molecule has 0 bridgehead atoms. The smallest absolute Gasteiger partial charge is 0.230 e. The summed E-state index contributed by atoms with van der Waals surface area (Å²) in [6.45, 7) is 2.00. The lowest BCUT2D eigenvalue weighted by molar-refractivity contribution is 0.546. The third-order valence-electron chi connectivity index (χ3n) is 6.35. The standard InChI is InChI=1S/C22H25N9/c1-2-4-15(3-1)31-18-13-24-10-8-16(18)17-12-25-22(28-21(17)31)27-20-6-5-19(29-30-20)26-14-7-9-23-11-14/h5-6,8,10,12-15,23H,1-4,7,9,11H2,(H,26,29)(H,25,27,28,30)/t14-/m0/s1. The van der Waals surface area contributed by atoms with Gasteiger partial charge < -0.3 is 20.5 Å². The van der Waals surface area contributed by atoms with Crippen LogP contribution < -0.4 is 16.0 Å². The summed E-state index contributed by atoms with van der Waals surface area (Å²) in [4.78, 5) is 13.8. The van der Waals surface area contributed by atoms with Gasteiger partial charge in [-0.25, -0.2) is 4.98 Å². The highest BCUT2D eigenvalue weighted by Crippen LogP contribution is 2.37. The van der Waals surface area contributed by atoms with Crippen molar-refractivity contribution in [2.45, 2.75) is 44.2 Å². The molecule has 4 aromatic rings. The van der Waals surface area contributed by atoms with Crippen LogP contribution in [0.3, 0.4) is 0 Å². The lowest BCUT2D eigenvalue weighted by Crippen LogP contribution is -2.22. The zero-order chi connectivity index (χ0) is 20.6. The summed E-state index contributed by atoms with van der Waals surface area (Å²) in [7, 11) is 0. The molecule has 31 heavy (non-hydrogen) atoms. The summed E-state index contributed by atoms with van der Waals surface area (Å²) in [6.07, 6.45) is 11.6. The van der Waals surface area contributed by atoms with E-state index in [1.807, 2.05) is 30.7 Å². The van der Waals surface area contributed by atoms with Gasteiger partial charge >= 0.3 is 0 Å². The van der Waals surface area contributed by atoms with Gasteiger partial charge in [-0.1, -0.05) is 12.8 Å². The van der Waals surface area contributed by atoms with Crippen LogP contribution in [-0.4, -0.2) is 48.8 Å². The van der Waals surface area contributed by atoms with Crippen molar-refractivity contribution in [3.63, 3.8) is 0 Å². The molecular weight excluding hydrogens is 390 g/mol. The Morgan fingerprint density at radius 2 is 1.84 bits per heavy atom. The van der Waals surface area contributed by atoms with Crippen LogP contribution in [0.4, 0.5) is 17.6 Å². The molecule has 9 heteroatoms. The van der Waals surface area contributed by atoms with Gasteiger partial charge in [0.2, 0.25) is 5.95 Å². The second-order valence-electron chi connectivity index (χ2n) is 8.39. The minimum atomic E-state index is 0.408. The highest BCUT2D eigenvalue weighted by molar-refractivity contribution is 6.06. The molecule has 0 aromatic carbocycles. The van der Waals surface area contributed by atoms with Gasteiger partial charge in [0.25, 0.3) is 0 Å². The van der Waals surface area contributed by atoms with Crippen LogP contribution in [-0.2, 0) is 0 Å². The average Bonchev–Trinajstić information content (AvgIpc) is 3.55. The number of nitrogens with one attached hydrogen (secondary N) is 3. The molecule has 0 amide bonds. The van der Waals surface area contributed by atoms with E-state index in [0.29, 0.717) is 23.8 Å². The molecule has 6 rings (SSSR count). The van der Waals surface area contributed by atoms with E-state index in [1.54, 1.807) is 0 Å². The first kappa shape index (κ1) is 18.4. The van der Waals surface area contributed by atoms with Crippen LogP contribution >= 0.6 is 0 Å². The summed E-state index contributed by atoms with van der Waals surface area (Å²) in [5.41, 5.74) is 2.08. The fraction of sp³-hybridized carbons (Fsp3) is 0.409. The van der Waals surface area contributed by atoms with Crippen LogP contribution in [0, 0.1) is 0 Å². The van der Waals surface area contributed by atoms with Crippen molar-refractivity contribution in [1.29, 1.82) is 0 Å². The number of aromatic nitrogens is 6. The summed E-state index contributed by atoms with van der Waals surface area (Å²) in [5, 5.41) is 20.8. The van der Waals surface area contributed by atoms with Crippen molar-refractivity contribution in [2.24, 2.45) is 0 Å². The molecule has 0 radical (unpaired) electrons. The molecule has 158 valence electrons. The molecule has 1 saturated heterocycles. The maximum Gasteiger partial charge on any atom is 0.230 e. The Kier molecular flexibility index (Phi) is 4.60. The van der Waals surface area contributed by atoms with Crippen LogP contribution in [0.2, 0.25) is 0 Å². The van der Waals surface area contributed by atoms with Gasteiger partial charge in [0.1, 0.15) is 11.5 Å². The number of rotatable bonds is 5. The molecule has 3 N–H and O–H groups in total. The molecule has 4 aromatic heterocycles. The largest absolute Gasteiger partial charge is 0.365 e. The Bertz CT molecular complexity index is 1210.